The minimum Gasteiger partial charge on any atom is -0.497 e. The van der Waals surface area contributed by atoms with E-state index < -0.39 is 0 Å². The van der Waals surface area contributed by atoms with Crippen molar-refractivity contribution >= 4 is 22.5 Å². The van der Waals surface area contributed by atoms with Crippen molar-refractivity contribution in [2.45, 2.75) is 9.79 Å². The van der Waals surface area contributed by atoms with Crippen LogP contribution in [-0.2, 0) is 0 Å². The Hall–Kier alpha value is -1.93. The first-order valence-electron chi connectivity index (χ1n) is 6.16. The van der Waals surface area contributed by atoms with Gasteiger partial charge in [-0.2, -0.15) is 0 Å². The second-order valence-electron chi connectivity index (χ2n) is 4.29. The molecule has 0 bridgehead atoms. The molecular weight excluding hydrogens is 252 g/mol. The molecule has 1 nitrogen and oxygen atoms in total. The van der Waals surface area contributed by atoms with Crippen molar-refractivity contribution in [1.82, 2.24) is 0 Å². The zero-order valence-corrected chi connectivity index (χ0v) is 11.5. The maximum Gasteiger partial charge on any atom is 0.118 e. The normalized spacial score (nSPS) is 10.6. The summed E-state index contributed by atoms with van der Waals surface area (Å²) in [5.41, 5.74) is 0. The molecule has 0 radical (unpaired) electrons. The van der Waals surface area contributed by atoms with Crippen LogP contribution < -0.4 is 4.74 Å². The summed E-state index contributed by atoms with van der Waals surface area (Å²) in [6, 6.07) is 23.1. The average molecular weight is 266 g/mol. The molecule has 3 aromatic rings. The Balaban J connectivity index is 1.87. The zero-order chi connectivity index (χ0) is 13.1. The first kappa shape index (κ1) is 12.1. The standard InChI is InChI=1S/C17H14OS/c1-18-15-7-10-16(11-8-15)19-17-9-6-13-4-2-3-5-14(13)12-17/h2-12H,1H3. The highest BCUT2D eigenvalue weighted by atomic mass is 32.2. The largest absolute Gasteiger partial charge is 0.497 e. The number of benzene rings is 3. The van der Waals surface area contributed by atoms with Gasteiger partial charge in [0.1, 0.15) is 5.75 Å². The summed E-state index contributed by atoms with van der Waals surface area (Å²) in [5.74, 6) is 0.892. The van der Waals surface area contributed by atoms with E-state index in [1.807, 2.05) is 12.1 Å². The van der Waals surface area contributed by atoms with Crippen molar-refractivity contribution in [3.63, 3.8) is 0 Å². The Bertz CT molecular complexity index is 689. The van der Waals surface area contributed by atoms with Crippen LogP contribution >= 0.6 is 11.8 Å². The summed E-state index contributed by atoms with van der Waals surface area (Å²) in [6.45, 7) is 0. The van der Waals surface area contributed by atoms with Crippen molar-refractivity contribution in [3.05, 3.63) is 66.7 Å². The van der Waals surface area contributed by atoms with E-state index in [-0.39, 0.29) is 0 Å². The summed E-state index contributed by atoms with van der Waals surface area (Å²) in [4.78, 5) is 2.47. The molecule has 19 heavy (non-hydrogen) atoms. The second-order valence-corrected chi connectivity index (χ2v) is 5.43. The van der Waals surface area contributed by atoms with Crippen molar-refractivity contribution in [1.29, 1.82) is 0 Å². The molecule has 94 valence electrons. The van der Waals surface area contributed by atoms with Gasteiger partial charge in [0, 0.05) is 9.79 Å². The van der Waals surface area contributed by atoms with Crippen molar-refractivity contribution in [3.8, 4) is 5.75 Å². The molecule has 0 saturated carbocycles. The lowest BCUT2D eigenvalue weighted by atomic mass is 10.1. The zero-order valence-electron chi connectivity index (χ0n) is 10.7. The number of methoxy groups -OCH3 is 1. The minimum atomic E-state index is 0.892. The van der Waals surface area contributed by atoms with Crippen LogP contribution in [-0.4, -0.2) is 7.11 Å². The third-order valence-electron chi connectivity index (χ3n) is 3.02. The lowest BCUT2D eigenvalue weighted by Crippen LogP contribution is -1.81. The van der Waals surface area contributed by atoms with E-state index in [1.165, 1.54) is 20.6 Å². The first-order chi connectivity index (χ1) is 9.35. The van der Waals surface area contributed by atoms with Gasteiger partial charge in [0.05, 0.1) is 7.11 Å². The molecule has 0 unspecified atom stereocenters. The van der Waals surface area contributed by atoms with Gasteiger partial charge >= 0.3 is 0 Å². The number of fused-ring (bicyclic) bond motifs is 1. The lowest BCUT2D eigenvalue weighted by molar-refractivity contribution is 0.414. The van der Waals surface area contributed by atoms with Crippen molar-refractivity contribution in [2.24, 2.45) is 0 Å². The predicted octanol–water partition coefficient (Wildman–Crippen LogP) is 5.00. The topological polar surface area (TPSA) is 9.23 Å². The highest BCUT2D eigenvalue weighted by Gasteiger charge is 2.00. The van der Waals surface area contributed by atoms with Gasteiger partial charge in [0.15, 0.2) is 0 Å². The van der Waals surface area contributed by atoms with Crippen molar-refractivity contribution < 1.29 is 4.74 Å². The lowest BCUT2D eigenvalue weighted by Gasteiger charge is -2.05. The van der Waals surface area contributed by atoms with E-state index in [0.717, 1.165) is 5.75 Å². The molecule has 0 atom stereocenters. The van der Waals surface area contributed by atoms with Gasteiger partial charge in [-0.1, -0.05) is 42.1 Å². The Labute approximate surface area is 117 Å². The van der Waals surface area contributed by atoms with Gasteiger partial charge in [-0.15, -0.1) is 0 Å². The van der Waals surface area contributed by atoms with E-state index in [4.69, 9.17) is 4.74 Å². The van der Waals surface area contributed by atoms with Gasteiger partial charge in [-0.25, -0.2) is 0 Å². The second kappa shape index (κ2) is 5.37. The number of hydrogen-bond acceptors (Lipinski definition) is 2. The fourth-order valence-electron chi connectivity index (χ4n) is 2.01. The van der Waals surface area contributed by atoms with Gasteiger partial charge in [-0.05, 0) is 47.2 Å². The molecule has 2 heteroatoms. The maximum absolute atomic E-state index is 5.17. The predicted molar refractivity (Wildman–Crippen MR) is 81.1 cm³/mol. The minimum absolute atomic E-state index is 0.892. The van der Waals surface area contributed by atoms with Crippen LogP contribution in [0.15, 0.2) is 76.5 Å². The summed E-state index contributed by atoms with van der Waals surface area (Å²) in [6.07, 6.45) is 0. The fraction of sp³-hybridized carbons (Fsp3) is 0.0588. The van der Waals surface area contributed by atoms with Crippen LogP contribution in [0.2, 0.25) is 0 Å². The molecule has 0 saturated heterocycles. The highest BCUT2D eigenvalue weighted by molar-refractivity contribution is 7.99. The van der Waals surface area contributed by atoms with Crippen LogP contribution in [0.4, 0.5) is 0 Å². The number of ether oxygens (including phenoxy) is 1. The Morgan fingerprint density at radius 3 is 2.16 bits per heavy atom. The highest BCUT2D eigenvalue weighted by Crippen LogP contribution is 2.31. The van der Waals surface area contributed by atoms with Crippen LogP contribution in [0.25, 0.3) is 10.8 Å². The molecule has 0 aliphatic carbocycles. The van der Waals surface area contributed by atoms with Gasteiger partial charge in [0.25, 0.3) is 0 Å². The van der Waals surface area contributed by atoms with Crippen LogP contribution in [0.1, 0.15) is 0 Å². The smallest absolute Gasteiger partial charge is 0.118 e. The van der Waals surface area contributed by atoms with Gasteiger partial charge in [-0.3, -0.25) is 0 Å². The summed E-state index contributed by atoms with van der Waals surface area (Å²) in [7, 11) is 1.69. The van der Waals surface area contributed by atoms with Crippen LogP contribution in [0, 0.1) is 0 Å². The van der Waals surface area contributed by atoms with Crippen molar-refractivity contribution in [2.75, 3.05) is 7.11 Å². The summed E-state index contributed by atoms with van der Waals surface area (Å²) >= 11 is 1.77. The maximum atomic E-state index is 5.17. The molecule has 3 rings (SSSR count). The third kappa shape index (κ3) is 2.74. The third-order valence-corrected chi connectivity index (χ3v) is 4.01. The van der Waals surface area contributed by atoms with E-state index >= 15 is 0 Å². The van der Waals surface area contributed by atoms with E-state index in [0.29, 0.717) is 0 Å². The number of hydrogen-bond donors (Lipinski definition) is 0. The molecule has 0 amide bonds. The van der Waals surface area contributed by atoms with E-state index in [9.17, 15) is 0 Å². The molecule has 0 aliphatic heterocycles. The van der Waals surface area contributed by atoms with Gasteiger partial charge < -0.3 is 4.74 Å². The molecule has 0 N–H and O–H groups in total. The van der Waals surface area contributed by atoms with E-state index in [2.05, 4.69) is 54.6 Å². The number of rotatable bonds is 3. The van der Waals surface area contributed by atoms with Gasteiger partial charge in [0.2, 0.25) is 0 Å². The molecule has 0 aliphatic rings. The Kier molecular flexibility index (Phi) is 3.43. The average Bonchev–Trinajstić information content (AvgIpc) is 2.48. The SMILES string of the molecule is COc1ccc(Sc2ccc3ccccc3c2)cc1. The molecule has 0 spiro atoms. The fourth-order valence-corrected chi connectivity index (χ4v) is 2.88. The molecule has 0 heterocycles. The summed E-state index contributed by atoms with van der Waals surface area (Å²) < 4.78 is 5.17. The van der Waals surface area contributed by atoms with Crippen LogP contribution in [0.5, 0.6) is 5.75 Å². The van der Waals surface area contributed by atoms with Crippen LogP contribution in [0.3, 0.4) is 0 Å². The summed E-state index contributed by atoms with van der Waals surface area (Å²) in [5, 5.41) is 2.56. The molecular formula is C17H14OS. The quantitative estimate of drug-likeness (QED) is 0.659. The molecule has 0 aromatic heterocycles. The molecule has 3 aromatic carbocycles. The molecule has 0 fully saturated rings. The Morgan fingerprint density at radius 2 is 1.42 bits per heavy atom. The monoisotopic (exact) mass is 266 g/mol. The van der Waals surface area contributed by atoms with E-state index in [1.54, 1.807) is 18.9 Å². The first-order valence-corrected chi connectivity index (χ1v) is 6.97. The Morgan fingerprint density at radius 1 is 0.737 bits per heavy atom.